The minimum atomic E-state index is -4.89. The molecule has 0 spiro atoms. The highest BCUT2D eigenvalue weighted by Crippen LogP contribution is 2.33. The molecule has 2 aromatic carbocycles. The first-order valence-corrected chi connectivity index (χ1v) is 8.34. The Morgan fingerprint density at radius 2 is 1.89 bits per heavy atom. The Balaban J connectivity index is 1.79. The van der Waals surface area contributed by atoms with Crippen molar-refractivity contribution in [3.63, 3.8) is 0 Å². The second kappa shape index (κ2) is 7.97. The smallest absolute Gasteiger partial charge is 0.369 e. The van der Waals surface area contributed by atoms with Crippen LogP contribution in [0.2, 0.25) is 0 Å². The summed E-state index contributed by atoms with van der Waals surface area (Å²) in [6, 6.07) is 10.1. The molecular formula is C19H16F4N2O3. The number of nitrogens with zero attached hydrogens (tertiary/aromatic N) is 1. The SMILES string of the molecule is O=C(Nc1ccc(F)c(C(F)(F)F)c1)C1COCC(=O)N1Cc1ccccc1. The largest absolute Gasteiger partial charge is 0.419 e. The maximum absolute atomic E-state index is 13.4. The van der Waals surface area contributed by atoms with E-state index in [1.165, 1.54) is 4.90 Å². The van der Waals surface area contributed by atoms with E-state index < -0.39 is 35.4 Å². The van der Waals surface area contributed by atoms with Crippen LogP contribution in [0.4, 0.5) is 23.2 Å². The molecule has 28 heavy (non-hydrogen) atoms. The predicted molar refractivity (Wildman–Crippen MR) is 91.6 cm³/mol. The first-order valence-electron chi connectivity index (χ1n) is 8.34. The topological polar surface area (TPSA) is 58.6 Å². The van der Waals surface area contributed by atoms with Gasteiger partial charge in [0, 0.05) is 12.2 Å². The first kappa shape index (κ1) is 19.8. The van der Waals surface area contributed by atoms with Crippen LogP contribution in [0.3, 0.4) is 0 Å². The standard InChI is InChI=1S/C19H16F4N2O3/c20-15-7-6-13(8-14(15)19(21,22)23)24-18(27)16-10-28-11-17(26)25(16)9-12-4-2-1-3-5-12/h1-8,16H,9-11H2,(H,24,27). The second-order valence-corrected chi connectivity index (χ2v) is 6.22. The van der Waals surface area contributed by atoms with Crippen LogP contribution in [0.1, 0.15) is 11.1 Å². The number of carbonyl (C=O) groups excluding carboxylic acids is 2. The monoisotopic (exact) mass is 396 g/mol. The van der Waals surface area contributed by atoms with E-state index in [0.29, 0.717) is 12.1 Å². The van der Waals surface area contributed by atoms with Gasteiger partial charge < -0.3 is 15.0 Å². The number of alkyl halides is 3. The van der Waals surface area contributed by atoms with Gasteiger partial charge in [-0.3, -0.25) is 9.59 Å². The van der Waals surface area contributed by atoms with Crippen molar-refractivity contribution in [2.45, 2.75) is 18.8 Å². The molecule has 1 aliphatic rings. The molecule has 148 valence electrons. The van der Waals surface area contributed by atoms with Gasteiger partial charge in [-0.2, -0.15) is 13.2 Å². The summed E-state index contributed by atoms with van der Waals surface area (Å²) in [5.74, 6) is -2.57. The van der Waals surface area contributed by atoms with E-state index in [4.69, 9.17) is 4.74 Å². The van der Waals surface area contributed by atoms with Gasteiger partial charge in [-0.15, -0.1) is 0 Å². The maximum atomic E-state index is 13.4. The zero-order chi connectivity index (χ0) is 20.3. The average molecular weight is 396 g/mol. The van der Waals surface area contributed by atoms with Crippen molar-refractivity contribution in [3.8, 4) is 0 Å². The van der Waals surface area contributed by atoms with Gasteiger partial charge in [0.25, 0.3) is 0 Å². The summed E-state index contributed by atoms with van der Waals surface area (Å²) in [6.07, 6.45) is -4.89. The number of carbonyl (C=O) groups is 2. The van der Waals surface area contributed by atoms with Crippen LogP contribution in [0.25, 0.3) is 0 Å². The molecule has 2 amide bonds. The Morgan fingerprint density at radius 1 is 1.18 bits per heavy atom. The lowest BCUT2D eigenvalue weighted by molar-refractivity contribution is -0.154. The zero-order valence-corrected chi connectivity index (χ0v) is 14.5. The molecule has 0 aliphatic carbocycles. The minimum Gasteiger partial charge on any atom is -0.369 e. The lowest BCUT2D eigenvalue weighted by Gasteiger charge is -2.34. The van der Waals surface area contributed by atoms with Crippen molar-refractivity contribution in [1.29, 1.82) is 0 Å². The lowest BCUT2D eigenvalue weighted by atomic mass is 10.1. The number of hydrogen-bond acceptors (Lipinski definition) is 3. The van der Waals surface area contributed by atoms with Crippen molar-refractivity contribution in [1.82, 2.24) is 4.90 Å². The minimum absolute atomic E-state index is 0.0995. The van der Waals surface area contributed by atoms with Crippen molar-refractivity contribution in [3.05, 3.63) is 65.5 Å². The van der Waals surface area contributed by atoms with E-state index in [1.807, 2.05) is 6.07 Å². The Morgan fingerprint density at radius 3 is 2.57 bits per heavy atom. The van der Waals surface area contributed by atoms with Crippen LogP contribution >= 0.6 is 0 Å². The highest BCUT2D eigenvalue weighted by atomic mass is 19.4. The third kappa shape index (κ3) is 4.48. The summed E-state index contributed by atoms with van der Waals surface area (Å²) >= 11 is 0. The molecule has 5 nitrogen and oxygen atoms in total. The normalized spacial score (nSPS) is 17.5. The second-order valence-electron chi connectivity index (χ2n) is 6.22. The molecule has 3 rings (SSSR count). The van der Waals surface area contributed by atoms with E-state index in [1.54, 1.807) is 24.3 Å². The highest BCUT2D eigenvalue weighted by Gasteiger charge is 2.36. The number of morpholine rings is 1. The van der Waals surface area contributed by atoms with Crippen molar-refractivity contribution < 1.29 is 31.9 Å². The fraction of sp³-hybridized carbons (Fsp3) is 0.263. The molecule has 0 radical (unpaired) electrons. The summed E-state index contributed by atoms with van der Waals surface area (Å²) in [5.41, 5.74) is -0.921. The number of ether oxygens (including phenoxy) is 1. The molecule has 1 saturated heterocycles. The van der Waals surface area contributed by atoms with Crippen LogP contribution in [-0.2, 0) is 27.0 Å². The summed E-state index contributed by atoms with van der Waals surface area (Å²) in [5, 5.41) is 2.31. The van der Waals surface area contributed by atoms with Gasteiger partial charge in [0.1, 0.15) is 18.5 Å². The number of benzene rings is 2. The number of amides is 2. The van der Waals surface area contributed by atoms with Gasteiger partial charge in [0.15, 0.2) is 0 Å². The highest BCUT2D eigenvalue weighted by molar-refractivity contribution is 5.98. The number of hydrogen-bond donors (Lipinski definition) is 1. The van der Waals surface area contributed by atoms with E-state index in [0.717, 1.165) is 11.6 Å². The Kier molecular flexibility index (Phi) is 5.64. The molecule has 1 aliphatic heterocycles. The molecule has 1 unspecified atom stereocenters. The lowest BCUT2D eigenvalue weighted by Crippen LogP contribution is -2.54. The Labute approximate surface area is 157 Å². The quantitative estimate of drug-likeness (QED) is 0.808. The third-order valence-electron chi connectivity index (χ3n) is 4.24. The summed E-state index contributed by atoms with van der Waals surface area (Å²) in [4.78, 5) is 26.1. The van der Waals surface area contributed by atoms with Gasteiger partial charge in [0.2, 0.25) is 11.8 Å². The molecule has 0 bridgehead atoms. The zero-order valence-electron chi connectivity index (χ0n) is 14.5. The average Bonchev–Trinajstić information content (AvgIpc) is 2.65. The van der Waals surface area contributed by atoms with Crippen LogP contribution in [0.15, 0.2) is 48.5 Å². The number of halogens is 4. The van der Waals surface area contributed by atoms with Gasteiger partial charge in [-0.25, -0.2) is 4.39 Å². The molecule has 0 aromatic heterocycles. The van der Waals surface area contributed by atoms with Gasteiger partial charge in [0.05, 0.1) is 12.2 Å². The van der Waals surface area contributed by atoms with Crippen molar-refractivity contribution in [2.75, 3.05) is 18.5 Å². The Hall–Kier alpha value is -2.94. The van der Waals surface area contributed by atoms with E-state index >= 15 is 0 Å². The van der Waals surface area contributed by atoms with Crippen LogP contribution in [0, 0.1) is 5.82 Å². The first-order chi connectivity index (χ1) is 13.3. The van der Waals surface area contributed by atoms with Crippen LogP contribution in [0.5, 0.6) is 0 Å². The van der Waals surface area contributed by atoms with Gasteiger partial charge in [-0.1, -0.05) is 30.3 Å². The molecule has 9 heteroatoms. The summed E-state index contributed by atoms with van der Waals surface area (Å²) < 4.78 is 57.1. The van der Waals surface area contributed by atoms with Crippen LogP contribution < -0.4 is 5.32 Å². The predicted octanol–water partition coefficient (Wildman–Crippen LogP) is 3.21. The molecule has 0 saturated carbocycles. The fourth-order valence-corrected chi connectivity index (χ4v) is 2.85. The molecule has 2 aromatic rings. The van der Waals surface area contributed by atoms with Gasteiger partial charge >= 0.3 is 6.18 Å². The molecule has 1 heterocycles. The summed E-state index contributed by atoms with van der Waals surface area (Å²) in [7, 11) is 0. The number of rotatable bonds is 4. The van der Waals surface area contributed by atoms with Gasteiger partial charge in [-0.05, 0) is 23.8 Å². The molecule has 1 N–H and O–H groups in total. The van der Waals surface area contributed by atoms with E-state index in [-0.39, 0.29) is 25.4 Å². The Bertz CT molecular complexity index is 871. The number of nitrogens with one attached hydrogen (secondary N) is 1. The fourth-order valence-electron chi connectivity index (χ4n) is 2.85. The molecule has 1 fully saturated rings. The van der Waals surface area contributed by atoms with Crippen LogP contribution in [-0.4, -0.2) is 36.0 Å². The van der Waals surface area contributed by atoms with Crippen molar-refractivity contribution >= 4 is 17.5 Å². The summed E-state index contributed by atoms with van der Waals surface area (Å²) in [6.45, 7) is -0.137. The maximum Gasteiger partial charge on any atom is 0.419 e. The van der Waals surface area contributed by atoms with Crippen molar-refractivity contribution in [2.24, 2.45) is 0 Å². The van der Waals surface area contributed by atoms with E-state index in [9.17, 15) is 27.2 Å². The molecular weight excluding hydrogens is 380 g/mol. The molecule has 1 atom stereocenters. The third-order valence-corrected chi connectivity index (χ3v) is 4.24. The number of anilines is 1. The van der Waals surface area contributed by atoms with E-state index in [2.05, 4.69) is 5.32 Å².